The second-order valence-electron chi connectivity index (χ2n) is 4.05. The van der Waals surface area contributed by atoms with Gasteiger partial charge in [0, 0.05) is 7.05 Å². The van der Waals surface area contributed by atoms with Gasteiger partial charge in [-0.1, -0.05) is 24.3 Å². The maximum absolute atomic E-state index is 5.17. The van der Waals surface area contributed by atoms with Crippen molar-refractivity contribution in [3.05, 3.63) is 41.7 Å². The van der Waals surface area contributed by atoms with Crippen molar-refractivity contribution in [2.45, 2.75) is 13.0 Å². The number of nitrogens with one attached hydrogen (secondary N) is 1. The number of nitrogens with zero attached hydrogens (tertiary/aromatic N) is 3. The van der Waals surface area contributed by atoms with E-state index in [0.717, 1.165) is 18.0 Å². The average Bonchev–Trinajstić information content (AvgIpc) is 2.82. The van der Waals surface area contributed by atoms with Gasteiger partial charge in [0.05, 0.1) is 25.0 Å². The number of rotatable bonds is 5. The first-order chi connectivity index (χ1) is 8.76. The third-order valence-corrected chi connectivity index (χ3v) is 2.90. The third-order valence-electron chi connectivity index (χ3n) is 2.90. The molecule has 96 valence electrons. The van der Waals surface area contributed by atoms with Gasteiger partial charge in [-0.2, -0.15) is 0 Å². The van der Waals surface area contributed by atoms with Crippen molar-refractivity contribution in [1.29, 1.82) is 0 Å². The van der Waals surface area contributed by atoms with Crippen molar-refractivity contribution < 1.29 is 4.74 Å². The summed E-state index contributed by atoms with van der Waals surface area (Å²) in [4.78, 5) is 0. The van der Waals surface area contributed by atoms with Gasteiger partial charge in [0.2, 0.25) is 0 Å². The molecular formula is C13H18N4O. The highest BCUT2D eigenvalue weighted by Crippen LogP contribution is 2.22. The van der Waals surface area contributed by atoms with Crippen LogP contribution in [0.1, 0.15) is 24.2 Å². The topological polar surface area (TPSA) is 52.0 Å². The second-order valence-corrected chi connectivity index (χ2v) is 4.05. The Morgan fingerprint density at radius 1 is 1.33 bits per heavy atom. The van der Waals surface area contributed by atoms with Crippen molar-refractivity contribution >= 4 is 0 Å². The Morgan fingerprint density at radius 2 is 2.06 bits per heavy atom. The summed E-state index contributed by atoms with van der Waals surface area (Å²) in [5.41, 5.74) is 2.21. The number of benzene rings is 1. The lowest BCUT2D eigenvalue weighted by atomic mass is 10.0. The highest BCUT2D eigenvalue weighted by molar-refractivity contribution is 5.32. The van der Waals surface area contributed by atoms with Crippen LogP contribution in [-0.2, 0) is 7.05 Å². The summed E-state index contributed by atoms with van der Waals surface area (Å²) in [6, 6.07) is 8.13. The molecule has 2 rings (SSSR count). The number of aryl methyl sites for hydroxylation is 1. The molecule has 1 aromatic carbocycles. The quantitative estimate of drug-likeness (QED) is 0.869. The maximum Gasteiger partial charge on any atom is 0.118 e. The number of hydrogen-bond donors (Lipinski definition) is 1. The van der Waals surface area contributed by atoms with Crippen molar-refractivity contribution in [1.82, 2.24) is 20.3 Å². The highest BCUT2D eigenvalue weighted by Gasteiger charge is 2.16. The largest absolute Gasteiger partial charge is 0.497 e. The number of ether oxygens (including phenoxy) is 1. The minimum Gasteiger partial charge on any atom is -0.497 e. The zero-order valence-corrected chi connectivity index (χ0v) is 10.9. The molecule has 0 saturated heterocycles. The minimum absolute atomic E-state index is 0.0981. The Balaban J connectivity index is 2.32. The van der Waals surface area contributed by atoms with Crippen molar-refractivity contribution in [3.8, 4) is 5.75 Å². The molecule has 0 bridgehead atoms. The predicted octanol–water partition coefficient (Wildman–Crippen LogP) is 1.52. The molecule has 1 N–H and O–H groups in total. The normalized spacial score (nSPS) is 12.4. The summed E-state index contributed by atoms with van der Waals surface area (Å²) < 4.78 is 6.96. The van der Waals surface area contributed by atoms with Gasteiger partial charge in [-0.15, -0.1) is 5.10 Å². The van der Waals surface area contributed by atoms with Crippen molar-refractivity contribution in [2.75, 3.05) is 13.7 Å². The number of hydrogen-bond acceptors (Lipinski definition) is 4. The summed E-state index contributed by atoms with van der Waals surface area (Å²) in [6.07, 6.45) is 1.79. The fourth-order valence-electron chi connectivity index (χ4n) is 1.95. The smallest absolute Gasteiger partial charge is 0.118 e. The fraction of sp³-hybridized carbons (Fsp3) is 0.385. The second kappa shape index (κ2) is 5.64. The Bertz CT molecular complexity index is 492. The molecular weight excluding hydrogens is 228 g/mol. The lowest BCUT2D eigenvalue weighted by Crippen LogP contribution is -2.24. The van der Waals surface area contributed by atoms with Crippen LogP contribution in [0.15, 0.2) is 30.5 Å². The summed E-state index contributed by atoms with van der Waals surface area (Å²) in [7, 11) is 3.57. The van der Waals surface area contributed by atoms with E-state index in [9.17, 15) is 0 Å². The molecule has 0 spiro atoms. The molecule has 2 aromatic rings. The van der Waals surface area contributed by atoms with Gasteiger partial charge in [0.1, 0.15) is 5.75 Å². The van der Waals surface area contributed by atoms with Crippen LogP contribution in [0.5, 0.6) is 5.75 Å². The molecule has 0 fully saturated rings. The van der Waals surface area contributed by atoms with Crippen LogP contribution in [-0.4, -0.2) is 28.6 Å². The summed E-state index contributed by atoms with van der Waals surface area (Å²) >= 11 is 0. The molecule has 0 saturated carbocycles. The van der Waals surface area contributed by atoms with Crippen LogP contribution in [0.4, 0.5) is 0 Å². The number of aromatic nitrogens is 3. The van der Waals surface area contributed by atoms with Gasteiger partial charge in [-0.05, 0) is 24.2 Å². The van der Waals surface area contributed by atoms with Crippen molar-refractivity contribution in [3.63, 3.8) is 0 Å². The SMILES string of the molecule is CCNC(c1ccc(OC)cc1)c1cnnn1C. The third kappa shape index (κ3) is 2.51. The summed E-state index contributed by atoms with van der Waals surface area (Å²) in [6.45, 7) is 2.96. The molecule has 1 atom stereocenters. The van der Waals surface area contributed by atoms with Gasteiger partial charge in [0.15, 0.2) is 0 Å². The average molecular weight is 246 g/mol. The van der Waals surface area contributed by atoms with E-state index in [1.165, 1.54) is 5.56 Å². The van der Waals surface area contributed by atoms with E-state index in [1.807, 2.05) is 19.2 Å². The van der Waals surface area contributed by atoms with Crippen LogP contribution < -0.4 is 10.1 Å². The first-order valence-electron chi connectivity index (χ1n) is 5.98. The van der Waals surface area contributed by atoms with Gasteiger partial charge < -0.3 is 10.1 Å². The van der Waals surface area contributed by atoms with E-state index in [0.29, 0.717) is 0 Å². The Kier molecular flexibility index (Phi) is 3.94. The van der Waals surface area contributed by atoms with Gasteiger partial charge in [0.25, 0.3) is 0 Å². The Morgan fingerprint density at radius 3 is 2.56 bits per heavy atom. The van der Waals surface area contributed by atoms with Crippen molar-refractivity contribution in [2.24, 2.45) is 7.05 Å². The molecule has 5 heteroatoms. The van der Waals surface area contributed by atoms with Gasteiger partial charge >= 0.3 is 0 Å². The fourth-order valence-corrected chi connectivity index (χ4v) is 1.95. The predicted molar refractivity (Wildman–Crippen MR) is 69.5 cm³/mol. The molecule has 0 aliphatic carbocycles. The van der Waals surface area contributed by atoms with E-state index >= 15 is 0 Å². The molecule has 0 amide bonds. The Hall–Kier alpha value is -1.88. The van der Waals surface area contributed by atoms with E-state index in [-0.39, 0.29) is 6.04 Å². The van der Waals surface area contributed by atoms with Gasteiger partial charge in [-0.3, -0.25) is 4.68 Å². The van der Waals surface area contributed by atoms with E-state index in [1.54, 1.807) is 18.0 Å². The van der Waals surface area contributed by atoms with Crippen LogP contribution in [0.25, 0.3) is 0 Å². The van der Waals surface area contributed by atoms with Crippen LogP contribution in [0, 0.1) is 0 Å². The van der Waals surface area contributed by atoms with E-state index < -0.39 is 0 Å². The molecule has 18 heavy (non-hydrogen) atoms. The molecule has 1 heterocycles. The first-order valence-corrected chi connectivity index (χ1v) is 5.98. The molecule has 0 radical (unpaired) electrons. The molecule has 0 aliphatic rings. The van der Waals surface area contributed by atoms with Crippen LogP contribution >= 0.6 is 0 Å². The standard InChI is InChI=1S/C13H18N4O/c1-4-14-13(12-9-15-16-17(12)2)10-5-7-11(18-3)8-6-10/h5-9,13-14H,4H2,1-3H3. The molecule has 5 nitrogen and oxygen atoms in total. The summed E-state index contributed by atoms with van der Waals surface area (Å²) in [5, 5.41) is 11.4. The maximum atomic E-state index is 5.17. The van der Waals surface area contributed by atoms with Gasteiger partial charge in [-0.25, -0.2) is 0 Å². The van der Waals surface area contributed by atoms with Crippen LogP contribution in [0.2, 0.25) is 0 Å². The van der Waals surface area contributed by atoms with E-state index in [4.69, 9.17) is 4.74 Å². The van der Waals surface area contributed by atoms with Crippen LogP contribution in [0.3, 0.4) is 0 Å². The zero-order chi connectivity index (χ0) is 13.0. The lowest BCUT2D eigenvalue weighted by Gasteiger charge is -2.18. The molecule has 1 aromatic heterocycles. The molecule has 0 aliphatic heterocycles. The lowest BCUT2D eigenvalue weighted by molar-refractivity contribution is 0.414. The zero-order valence-electron chi connectivity index (χ0n) is 10.9. The minimum atomic E-state index is 0.0981. The Labute approximate surface area is 107 Å². The van der Waals surface area contributed by atoms with E-state index in [2.05, 4.69) is 34.7 Å². The monoisotopic (exact) mass is 246 g/mol. The number of methoxy groups -OCH3 is 1. The first kappa shape index (κ1) is 12.6. The highest BCUT2D eigenvalue weighted by atomic mass is 16.5. The molecule has 1 unspecified atom stereocenters. The summed E-state index contributed by atoms with van der Waals surface area (Å²) in [5.74, 6) is 0.858.